The largest absolute Gasteiger partial charge is 0.395 e. The van der Waals surface area contributed by atoms with Crippen LogP contribution in [0.5, 0.6) is 0 Å². The van der Waals surface area contributed by atoms with Gasteiger partial charge in [-0.2, -0.15) is 0 Å². The molecule has 1 heterocycles. The standard InChI is InChI=1S/C17H25NO/c1-5-6-13-12-18(9-10-19)16-8-7-14(11-15(13)16)17(2,3)4/h7-8,11-12,19H,5-6,9-10H2,1-4H3. The number of hydrogen-bond acceptors (Lipinski definition) is 1. The summed E-state index contributed by atoms with van der Waals surface area (Å²) < 4.78 is 2.17. The average Bonchev–Trinajstić information content (AvgIpc) is 2.67. The summed E-state index contributed by atoms with van der Waals surface area (Å²) >= 11 is 0. The van der Waals surface area contributed by atoms with Crippen molar-refractivity contribution in [3.05, 3.63) is 35.5 Å². The molecule has 0 atom stereocenters. The minimum absolute atomic E-state index is 0.177. The van der Waals surface area contributed by atoms with E-state index in [0.717, 1.165) is 12.8 Å². The summed E-state index contributed by atoms with van der Waals surface area (Å²) in [4.78, 5) is 0. The van der Waals surface area contributed by atoms with Crippen molar-refractivity contribution in [1.29, 1.82) is 0 Å². The zero-order valence-corrected chi connectivity index (χ0v) is 12.5. The predicted octanol–water partition coefficient (Wildman–Crippen LogP) is 3.88. The van der Waals surface area contributed by atoms with E-state index in [9.17, 15) is 5.11 Å². The highest BCUT2D eigenvalue weighted by molar-refractivity contribution is 5.85. The summed E-state index contributed by atoms with van der Waals surface area (Å²) in [7, 11) is 0. The molecule has 19 heavy (non-hydrogen) atoms. The molecule has 2 rings (SSSR count). The molecule has 0 aliphatic rings. The first kappa shape index (κ1) is 14.1. The fourth-order valence-electron chi connectivity index (χ4n) is 2.60. The van der Waals surface area contributed by atoms with E-state index in [0.29, 0.717) is 6.54 Å². The average molecular weight is 259 g/mol. The van der Waals surface area contributed by atoms with Gasteiger partial charge in [0.2, 0.25) is 0 Å². The van der Waals surface area contributed by atoms with Crippen LogP contribution in [0.4, 0.5) is 0 Å². The van der Waals surface area contributed by atoms with Crippen LogP contribution in [0.3, 0.4) is 0 Å². The lowest BCUT2D eigenvalue weighted by molar-refractivity contribution is 0.278. The van der Waals surface area contributed by atoms with E-state index < -0.39 is 0 Å². The first-order chi connectivity index (χ1) is 8.97. The molecule has 2 heteroatoms. The van der Waals surface area contributed by atoms with Crippen molar-refractivity contribution in [2.75, 3.05) is 6.61 Å². The summed E-state index contributed by atoms with van der Waals surface area (Å²) in [5, 5.41) is 10.5. The van der Waals surface area contributed by atoms with Crippen LogP contribution < -0.4 is 0 Å². The molecule has 2 aromatic rings. The van der Waals surface area contributed by atoms with Crippen molar-refractivity contribution >= 4 is 10.9 Å². The lowest BCUT2D eigenvalue weighted by Crippen LogP contribution is -2.10. The van der Waals surface area contributed by atoms with Crippen LogP contribution in [0, 0.1) is 0 Å². The Morgan fingerprint density at radius 2 is 1.95 bits per heavy atom. The maximum atomic E-state index is 9.18. The number of nitrogens with zero attached hydrogens (tertiary/aromatic N) is 1. The summed E-state index contributed by atoms with van der Waals surface area (Å²) in [5.74, 6) is 0. The molecular formula is C17H25NO. The van der Waals surface area contributed by atoms with Gasteiger partial charge in [0.05, 0.1) is 6.61 Å². The van der Waals surface area contributed by atoms with E-state index in [2.05, 4.69) is 56.7 Å². The number of aliphatic hydroxyl groups excluding tert-OH is 1. The zero-order valence-electron chi connectivity index (χ0n) is 12.5. The quantitative estimate of drug-likeness (QED) is 0.885. The van der Waals surface area contributed by atoms with Crippen molar-refractivity contribution in [1.82, 2.24) is 4.57 Å². The topological polar surface area (TPSA) is 25.2 Å². The number of hydrogen-bond donors (Lipinski definition) is 1. The van der Waals surface area contributed by atoms with Gasteiger partial charge >= 0.3 is 0 Å². The van der Waals surface area contributed by atoms with Gasteiger partial charge in [0.1, 0.15) is 0 Å². The second-order valence-corrected chi connectivity index (χ2v) is 6.30. The predicted molar refractivity (Wildman–Crippen MR) is 81.7 cm³/mol. The van der Waals surface area contributed by atoms with E-state index in [4.69, 9.17) is 0 Å². The SMILES string of the molecule is CCCc1cn(CCO)c2ccc(C(C)(C)C)cc12. The Hall–Kier alpha value is -1.28. The molecule has 0 radical (unpaired) electrons. The third-order valence-electron chi connectivity index (χ3n) is 3.69. The lowest BCUT2D eigenvalue weighted by atomic mass is 9.86. The third kappa shape index (κ3) is 2.84. The molecule has 0 saturated heterocycles. The molecule has 0 aliphatic heterocycles. The van der Waals surface area contributed by atoms with Crippen LogP contribution in [0.1, 0.15) is 45.2 Å². The van der Waals surface area contributed by atoms with E-state index in [1.165, 1.54) is 22.0 Å². The summed E-state index contributed by atoms with van der Waals surface area (Å²) in [6.45, 7) is 9.82. The highest BCUT2D eigenvalue weighted by atomic mass is 16.3. The Morgan fingerprint density at radius 1 is 1.21 bits per heavy atom. The monoisotopic (exact) mass is 259 g/mol. The van der Waals surface area contributed by atoms with Crippen LogP contribution in [0.25, 0.3) is 10.9 Å². The fraction of sp³-hybridized carbons (Fsp3) is 0.529. The van der Waals surface area contributed by atoms with Crippen LogP contribution in [-0.2, 0) is 18.4 Å². The van der Waals surface area contributed by atoms with Crippen LogP contribution >= 0.6 is 0 Å². The minimum atomic E-state index is 0.177. The second kappa shape index (κ2) is 5.38. The number of aromatic nitrogens is 1. The van der Waals surface area contributed by atoms with Crippen LogP contribution in [0.15, 0.2) is 24.4 Å². The molecule has 0 amide bonds. The normalized spacial score (nSPS) is 12.3. The minimum Gasteiger partial charge on any atom is -0.395 e. The van der Waals surface area contributed by atoms with E-state index in [1.54, 1.807) is 0 Å². The first-order valence-corrected chi connectivity index (χ1v) is 7.20. The number of aryl methyl sites for hydroxylation is 1. The number of fused-ring (bicyclic) bond motifs is 1. The van der Waals surface area contributed by atoms with Crippen LogP contribution in [0.2, 0.25) is 0 Å². The summed E-state index contributed by atoms with van der Waals surface area (Å²) in [5.41, 5.74) is 4.19. The molecule has 0 spiro atoms. The fourth-order valence-corrected chi connectivity index (χ4v) is 2.60. The van der Waals surface area contributed by atoms with E-state index in [-0.39, 0.29) is 12.0 Å². The lowest BCUT2D eigenvalue weighted by Gasteiger charge is -2.19. The van der Waals surface area contributed by atoms with Crippen molar-refractivity contribution in [3.63, 3.8) is 0 Å². The molecule has 2 nitrogen and oxygen atoms in total. The van der Waals surface area contributed by atoms with Gasteiger partial charge in [-0.05, 0) is 35.1 Å². The third-order valence-corrected chi connectivity index (χ3v) is 3.69. The van der Waals surface area contributed by atoms with Gasteiger partial charge in [-0.1, -0.05) is 40.2 Å². The van der Waals surface area contributed by atoms with Gasteiger partial charge in [-0.15, -0.1) is 0 Å². The molecule has 1 aromatic heterocycles. The van der Waals surface area contributed by atoms with Gasteiger partial charge in [-0.3, -0.25) is 0 Å². The highest BCUT2D eigenvalue weighted by Gasteiger charge is 2.16. The van der Waals surface area contributed by atoms with Gasteiger partial charge in [0.25, 0.3) is 0 Å². The van der Waals surface area contributed by atoms with Gasteiger partial charge < -0.3 is 9.67 Å². The smallest absolute Gasteiger partial charge is 0.0610 e. The highest BCUT2D eigenvalue weighted by Crippen LogP contribution is 2.29. The molecule has 1 aromatic carbocycles. The van der Waals surface area contributed by atoms with Crippen molar-refractivity contribution < 1.29 is 5.11 Å². The molecule has 1 N–H and O–H groups in total. The van der Waals surface area contributed by atoms with E-state index >= 15 is 0 Å². The number of benzene rings is 1. The van der Waals surface area contributed by atoms with Gasteiger partial charge in [0.15, 0.2) is 0 Å². The van der Waals surface area contributed by atoms with E-state index in [1.807, 2.05) is 0 Å². The molecule has 0 fully saturated rings. The molecule has 0 unspecified atom stereocenters. The Kier molecular flexibility index (Phi) is 4.00. The summed E-state index contributed by atoms with van der Waals surface area (Å²) in [6.07, 6.45) is 4.46. The zero-order chi connectivity index (χ0) is 14.0. The first-order valence-electron chi connectivity index (χ1n) is 7.20. The molecule has 104 valence electrons. The molecule has 0 aliphatic carbocycles. The number of aliphatic hydroxyl groups is 1. The maximum Gasteiger partial charge on any atom is 0.0610 e. The van der Waals surface area contributed by atoms with Crippen molar-refractivity contribution in [3.8, 4) is 0 Å². The molecule has 0 saturated carbocycles. The molecular weight excluding hydrogens is 234 g/mol. The Balaban J connectivity index is 2.58. The second-order valence-electron chi connectivity index (χ2n) is 6.30. The van der Waals surface area contributed by atoms with Crippen molar-refractivity contribution in [2.24, 2.45) is 0 Å². The molecule has 0 bridgehead atoms. The van der Waals surface area contributed by atoms with Gasteiger partial charge in [0, 0.05) is 23.6 Å². The van der Waals surface area contributed by atoms with Crippen LogP contribution in [-0.4, -0.2) is 16.3 Å². The van der Waals surface area contributed by atoms with Gasteiger partial charge in [-0.25, -0.2) is 0 Å². The number of rotatable bonds is 4. The maximum absolute atomic E-state index is 9.18. The Morgan fingerprint density at radius 3 is 2.53 bits per heavy atom. The van der Waals surface area contributed by atoms with Crippen molar-refractivity contribution in [2.45, 2.75) is 52.5 Å². The Bertz CT molecular complexity index is 560. The Labute approximate surface area is 116 Å². The summed E-state index contributed by atoms with van der Waals surface area (Å²) in [6, 6.07) is 6.74.